The molecule has 1 fully saturated rings. The molecule has 0 radical (unpaired) electrons. The van der Waals surface area contributed by atoms with Gasteiger partial charge in [0.15, 0.2) is 12.0 Å². The van der Waals surface area contributed by atoms with E-state index in [1.165, 1.54) is 0 Å². The molecule has 0 aromatic heterocycles. The van der Waals surface area contributed by atoms with Gasteiger partial charge in [-0.1, -0.05) is 11.6 Å². The number of rotatable bonds is 3. The molecule has 0 bridgehead atoms. The van der Waals surface area contributed by atoms with Gasteiger partial charge in [-0.25, -0.2) is 13.8 Å². The van der Waals surface area contributed by atoms with Crippen LogP contribution >= 0.6 is 11.6 Å². The van der Waals surface area contributed by atoms with Crippen LogP contribution in [0.4, 0.5) is 27.6 Å². The molecule has 138 valence electrons. The summed E-state index contributed by atoms with van der Waals surface area (Å²) in [5.41, 5.74) is 10.8. The molecule has 25 heavy (non-hydrogen) atoms. The molecular weight excluding hydrogens is 373 g/mol. The second-order valence-corrected chi connectivity index (χ2v) is 5.60. The van der Waals surface area contributed by atoms with Crippen molar-refractivity contribution in [3.8, 4) is 5.75 Å². The van der Waals surface area contributed by atoms with E-state index in [9.17, 15) is 22.0 Å². The highest BCUT2D eigenvalue weighted by molar-refractivity contribution is 6.32. The highest BCUT2D eigenvalue weighted by Gasteiger charge is 2.51. The van der Waals surface area contributed by atoms with Crippen LogP contribution < -0.4 is 16.2 Å². The molecule has 0 spiro atoms. The molecule has 1 unspecified atom stereocenters. The molecule has 0 amide bonds. The lowest BCUT2D eigenvalue weighted by molar-refractivity contribution is -0.274. The van der Waals surface area contributed by atoms with Gasteiger partial charge >= 0.3 is 6.36 Å². The number of hydrogen-bond donors (Lipinski definition) is 3. The Kier molecular flexibility index (Phi) is 4.98. The zero-order chi connectivity index (χ0) is 19.0. The number of alkyl halides is 5. The molecular formula is C13H13ClF5N5O. The first-order valence-corrected chi connectivity index (χ1v) is 7.16. The standard InChI is InChI=1S/C13H13ClF5N5O/c14-7-5-6(1-2-8(7)25-13(17,18)19)23-10(20)9-12(15,16)3-4-24(9)11(21)22/h1-2,5,9H,3-4H2,(H2,20,23)(H3,21,22). The number of ether oxygens (including phenoxy) is 1. The third-order valence-electron chi connectivity index (χ3n) is 3.39. The number of amidine groups is 1. The van der Waals surface area contributed by atoms with Crippen molar-refractivity contribution in [2.24, 2.45) is 16.5 Å². The minimum Gasteiger partial charge on any atom is -0.404 e. The molecule has 0 aliphatic carbocycles. The van der Waals surface area contributed by atoms with Crippen molar-refractivity contribution in [1.29, 1.82) is 5.41 Å². The zero-order valence-electron chi connectivity index (χ0n) is 12.4. The second kappa shape index (κ2) is 6.54. The van der Waals surface area contributed by atoms with E-state index in [1.54, 1.807) is 0 Å². The normalized spacial score (nSPS) is 20.6. The first-order chi connectivity index (χ1) is 11.4. The van der Waals surface area contributed by atoms with Gasteiger partial charge in [0.05, 0.1) is 10.7 Å². The minimum atomic E-state index is -4.93. The monoisotopic (exact) mass is 385 g/mol. The highest BCUT2D eigenvalue weighted by atomic mass is 35.5. The average molecular weight is 386 g/mol. The summed E-state index contributed by atoms with van der Waals surface area (Å²) in [6.45, 7) is -0.178. The number of nitrogens with one attached hydrogen (secondary N) is 1. The number of hydrogen-bond acceptors (Lipinski definition) is 3. The first kappa shape index (κ1) is 19.0. The Morgan fingerprint density at radius 1 is 1.36 bits per heavy atom. The summed E-state index contributed by atoms with van der Waals surface area (Å²) in [5, 5.41) is 6.91. The largest absolute Gasteiger partial charge is 0.573 e. The Morgan fingerprint density at radius 2 is 2.00 bits per heavy atom. The predicted octanol–water partition coefficient (Wildman–Crippen LogP) is 2.83. The van der Waals surface area contributed by atoms with Crippen LogP contribution in [0.25, 0.3) is 0 Å². The van der Waals surface area contributed by atoms with Crippen LogP contribution in [0.1, 0.15) is 6.42 Å². The summed E-state index contributed by atoms with van der Waals surface area (Å²) in [6.07, 6.45) is -5.49. The number of likely N-dealkylation sites (tertiary alicyclic amines) is 1. The van der Waals surface area contributed by atoms with Crippen LogP contribution in [0.5, 0.6) is 5.75 Å². The third kappa shape index (κ3) is 4.41. The van der Waals surface area contributed by atoms with Crippen molar-refractivity contribution in [3.63, 3.8) is 0 Å². The summed E-state index contributed by atoms with van der Waals surface area (Å²) in [4.78, 5) is 4.66. The quantitative estimate of drug-likeness (QED) is 0.423. The van der Waals surface area contributed by atoms with Gasteiger partial charge in [-0.05, 0) is 18.2 Å². The van der Waals surface area contributed by atoms with Crippen molar-refractivity contribution >= 4 is 29.1 Å². The van der Waals surface area contributed by atoms with Crippen molar-refractivity contribution in [3.05, 3.63) is 23.2 Å². The first-order valence-electron chi connectivity index (χ1n) is 6.78. The molecule has 2 rings (SSSR count). The zero-order valence-corrected chi connectivity index (χ0v) is 13.2. The molecule has 1 saturated heterocycles. The summed E-state index contributed by atoms with van der Waals surface area (Å²) < 4.78 is 68.2. The molecule has 1 aliphatic rings. The number of guanidine groups is 1. The SMILES string of the molecule is N=C(N)N1CCC(F)(F)C1C(N)=Nc1ccc(OC(F)(F)F)c(Cl)c1. The lowest BCUT2D eigenvalue weighted by atomic mass is 10.1. The fourth-order valence-electron chi connectivity index (χ4n) is 2.38. The molecule has 0 saturated carbocycles. The molecule has 12 heteroatoms. The lowest BCUT2D eigenvalue weighted by Crippen LogP contribution is -2.52. The Bertz CT molecular complexity index is 709. The Morgan fingerprint density at radius 3 is 2.52 bits per heavy atom. The van der Waals surface area contributed by atoms with Crippen LogP contribution in [0, 0.1) is 5.41 Å². The predicted molar refractivity (Wildman–Crippen MR) is 81.4 cm³/mol. The third-order valence-corrected chi connectivity index (χ3v) is 3.68. The maximum atomic E-state index is 14.0. The average Bonchev–Trinajstić information content (AvgIpc) is 2.76. The highest BCUT2D eigenvalue weighted by Crippen LogP contribution is 2.36. The summed E-state index contributed by atoms with van der Waals surface area (Å²) >= 11 is 5.67. The number of benzene rings is 1. The molecule has 1 atom stereocenters. The van der Waals surface area contributed by atoms with Gasteiger partial charge < -0.3 is 21.1 Å². The molecule has 6 nitrogen and oxygen atoms in total. The molecule has 1 aromatic carbocycles. The van der Waals surface area contributed by atoms with Gasteiger partial charge in [0.2, 0.25) is 0 Å². The molecule has 1 heterocycles. The number of nitrogens with zero attached hydrogens (tertiary/aromatic N) is 2. The fraction of sp³-hybridized carbons (Fsp3) is 0.385. The van der Waals surface area contributed by atoms with E-state index in [-0.39, 0.29) is 12.2 Å². The van der Waals surface area contributed by atoms with Crippen LogP contribution in [-0.2, 0) is 0 Å². The van der Waals surface area contributed by atoms with Crippen molar-refractivity contribution in [1.82, 2.24) is 4.90 Å². The van der Waals surface area contributed by atoms with Crippen LogP contribution in [0.2, 0.25) is 5.02 Å². The molecule has 1 aliphatic heterocycles. The van der Waals surface area contributed by atoms with Crippen LogP contribution in [0.3, 0.4) is 0 Å². The van der Waals surface area contributed by atoms with Crippen molar-refractivity contribution in [2.75, 3.05) is 6.54 Å². The van der Waals surface area contributed by atoms with E-state index in [0.717, 1.165) is 23.1 Å². The Hall–Kier alpha value is -2.30. The van der Waals surface area contributed by atoms with Gasteiger partial charge in [0.1, 0.15) is 11.6 Å². The van der Waals surface area contributed by atoms with Crippen LogP contribution in [-0.4, -0.2) is 41.6 Å². The smallest absolute Gasteiger partial charge is 0.404 e. The lowest BCUT2D eigenvalue weighted by Gasteiger charge is -2.27. The van der Waals surface area contributed by atoms with E-state index in [1.807, 2.05) is 0 Å². The molecule has 1 aromatic rings. The van der Waals surface area contributed by atoms with Crippen LogP contribution in [0.15, 0.2) is 23.2 Å². The number of aliphatic imine (C=N–C) groups is 1. The van der Waals surface area contributed by atoms with Gasteiger partial charge in [0, 0.05) is 13.0 Å². The summed E-state index contributed by atoms with van der Waals surface area (Å²) in [6, 6.07) is 1.22. The Labute approximate surface area is 143 Å². The maximum absolute atomic E-state index is 14.0. The van der Waals surface area contributed by atoms with E-state index in [4.69, 9.17) is 28.5 Å². The van der Waals surface area contributed by atoms with Gasteiger partial charge in [-0.15, -0.1) is 13.2 Å². The summed E-state index contributed by atoms with van der Waals surface area (Å²) in [7, 11) is 0. The van der Waals surface area contributed by atoms with Gasteiger partial charge in [-0.3, -0.25) is 5.41 Å². The van der Waals surface area contributed by atoms with E-state index >= 15 is 0 Å². The van der Waals surface area contributed by atoms with E-state index in [0.29, 0.717) is 0 Å². The topological polar surface area (TPSA) is 101 Å². The van der Waals surface area contributed by atoms with Gasteiger partial charge in [0.25, 0.3) is 5.92 Å². The van der Waals surface area contributed by atoms with Crippen molar-refractivity contribution < 1.29 is 26.7 Å². The fourth-order valence-corrected chi connectivity index (χ4v) is 2.59. The molecule has 5 N–H and O–H groups in total. The minimum absolute atomic E-state index is 0.0526. The number of halogens is 6. The van der Waals surface area contributed by atoms with Gasteiger partial charge in [-0.2, -0.15) is 0 Å². The summed E-state index contributed by atoms with van der Waals surface area (Å²) in [5.74, 6) is -5.06. The van der Waals surface area contributed by atoms with E-state index in [2.05, 4.69) is 9.73 Å². The van der Waals surface area contributed by atoms with E-state index < -0.39 is 47.3 Å². The Balaban J connectivity index is 2.30. The second-order valence-electron chi connectivity index (χ2n) is 5.19. The maximum Gasteiger partial charge on any atom is 0.573 e. The van der Waals surface area contributed by atoms with Crippen molar-refractivity contribution in [2.45, 2.75) is 24.7 Å². The number of nitrogens with two attached hydrogens (primary N) is 2.